The molecule has 1 heterocycles. The summed E-state index contributed by atoms with van der Waals surface area (Å²) in [6.07, 6.45) is 3.64. The molecule has 0 aliphatic carbocycles. The second kappa shape index (κ2) is 3.37. The average molecular weight is 152 g/mol. The van der Waals surface area contributed by atoms with Gasteiger partial charge in [-0.05, 0) is 18.4 Å². The summed E-state index contributed by atoms with van der Waals surface area (Å²) in [6, 6.07) is 5.28. The molecule has 0 unspecified atom stereocenters. The van der Waals surface area contributed by atoms with Crippen molar-refractivity contribution in [2.24, 2.45) is 0 Å². The lowest BCUT2D eigenvalue weighted by atomic mass is 10.4. The van der Waals surface area contributed by atoms with Crippen LogP contribution in [0.4, 0.5) is 0 Å². The molecule has 0 amide bonds. The average Bonchev–Trinajstić information content (AvgIpc) is 2.05. The maximum Gasteiger partial charge on any atom is 0.253 e. The number of thioether (sulfide) groups is 1. The van der Waals surface area contributed by atoms with Crippen LogP contribution in [0.5, 0.6) is 0 Å². The number of hydrogen-bond acceptors (Lipinski definition) is 3. The predicted molar refractivity (Wildman–Crippen MR) is 40.8 cm³/mol. The van der Waals surface area contributed by atoms with E-state index in [0.717, 1.165) is 5.03 Å². The molecule has 0 aromatic carbocycles. The highest BCUT2D eigenvalue weighted by Crippen LogP contribution is 2.09. The molecule has 1 radical (unpaired) electrons. The van der Waals surface area contributed by atoms with E-state index in [-0.39, 0.29) is 0 Å². The lowest BCUT2D eigenvalue weighted by molar-refractivity contribution is 0.561. The highest BCUT2D eigenvalue weighted by atomic mass is 32.2. The van der Waals surface area contributed by atoms with Crippen LogP contribution >= 0.6 is 11.8 Å². The van der Waals surface area contributed by atoms with Crippen molar-refractivity contribution in [3.8, 4) is 0 Å². The number of hydrogen-bond donors (Lipinski definition) is 0. The van der Waals surface area contributed by atoms with Crippen molar-refractivity contribution in [1.29, 1.82) is 0 Å². The topological polar surface area (TPSA) is 30.0 Å². The van der Waals surface area contributed by atoms with Crippen LogP contribution < -0.4 is 0 Å². The van der Waals surface area contributed by atoms with Gasteiger partial charge in [-0.1, -0.05) is 6.07 Å². The molecule has 51 valence electrons. The normalized spacial score (nSPS) is 9.30. The standard InChI is InChI=1S/C7H6NOS/c1-10-7-4-2-3-6(5-9)8-7/h2-4H,1H3. The lowest BCUT2D eigenvalue weighted by Crippen LogP contribution is -1.86. The van der Waals surface area contributed by atoms with Crippen LogP contribution in [0.25, 0.3) is 0 Å². The Morgan fingerprint density at radius 3 is 3.00 bits per heavy atom. The first-order chi connectivity index (χ1) is 4.86. The van der Waals surface area contributed by atoms with Gasteiger partial charge in [0.05, 0.1) is 5.03 Å². The third-order valence-corrected chi connectivity index (χ3v) is 1.68. The zero-order valence-electron chi connectivity index (χ0n) is 5.50. The molecule has 0 aliphatic heterocycles. The molecule has 1 aromatic heterocycles. The van der Waals surface area contributed by atoms with E-state index in [2.05, 4.69) is 4.98 Å². The quantitative estimate of drug-likeness (QED) is 0.597. The maximum atomic E-state index is 10.1. The molecular weight excluding hydrogens is 146 g/mol. The Kier molecular flexibility index (Phi) is 2.45. The maximum absolute atomic E-state index is 10.1. The van der Waals surface area contributed by atoms with Crippen molar-refractivity contribution in [2.45, 2.75) is 5.03 Å². The van der Waals surface area contributed by atoms with Crippen LogP contribution in [0.1, 0.15) is 5.69 Å². The third kappa shape index (κ3) is 1.57. The zero-order valence-corrected chi connectivity index (χ0v) is 6.31. The number of nitrogens with zero attached hydrogens (tertiary/aromatic N) is 1. The van der Waals surface area contributed by atoms with Crippen molar-refractivity contribution in [3.63, 3.8) is 0 Å². The fraction of sp³-hybridized carbons (Fsp3) is 0.143. The minimum Gasteiger partial charge on any atom is -0.283 e. The van der Waals surface area contributed by atoms with Crippen molar-refractivity contribution in [1.82, 2.24) is 4.98 Å². The smallest absolute Gasteiger partial charge is 0.253 e. The largest absolute Gasteiger partial charge is 0.283 e. The van der Waals surface area contributed by atoms with E-state index in [1.54, 1.807) is 18.4 Å². The SMILES string of the molecule is CSc1cccc([C]=O)n1. The summed E-state index contributed by atoms with van der Waals surface area (Å²) < 4.78 is 0. The number of rotatable bonds is 2. The van der Waals surface area contributed by atoms with Crippen molar-refractivity contribution in [2.75, 3.05) is 6.26 Å². The van der Waals surface area contributed by atoms with E-state index in [1.807, 2.05) is 12.3 Å². The van der Waals surface area contributed by atoms with E-state index in [9.17, 15) is 4.79 Å². The molecule has 0 N–H and O–H groups in total. The van der Waals surface area contributed by atoms with Crippen LogP contribution in [-0.2, 0) is 4.79 Å². The van der Waals surface area contributed by atoms with Crippen molar-refractivity contribution in [3.05, 3.63) is 23.9 Å². The summed E-state index contributed by atoms with van der Waals surface area (Å²) >= 11 is 1.51. The fourth-order valence-corrected chi connectivity index (χ4v) is 0.990. The summed E-state index contributed by atoms with van der Waals surface area (Å²) in [6.45, 7) is 0. The molecule has 0 saturated carbocycles. The molecule has 0 spiro atoms. The van der Waals surface area contributed by atoms with Gasteiger partial charge in [0.15, 0.2) is 0 Å². The molecule has 1 rings (SSSR count). The second-order valence-corrected chi connectivity index (χ2v) is 2.49. The summed E-state index contributed by atoms with van der Waals surface area (Å²) in [5.41, 5.74) is 0.367. The number of pyridine rings is 1. The van der Waals surface area contributed by atoms with Gasteiger partial charge in [-0.15, -0.1) is 11.8 Å². The van der Waals surface area contributed by atoms with Gasteiger partial charge >= 0.3 is 0 Å². The highest BCUT2D eigenvalue weighted by molar-refractivity contribution is 7.98. The van der Waals surface area contributed by atoms with Crippen LogP contribution in [0, 0.1) is 0 Å². The molecule has 2 nitrogen and oxygen atoms in total. The number of aromatic nitrogens is 1. The second-order valence-electron chi connectivity index (χ2n) is 1.67. The molecule has 3 heteroatoms. The molecule has 0 saturated heterocycles. The molecule has 1 aromatic rings. The Hall–Kier alpha value is -0.830. The van der Waals surface area contributed by atoms with Gasteiger partial charge < -0.3 is 0 Å². The summed E-state index contributed by atoms with van der Waals surface area (Å²) in [5, 5.41) is 0.848. The van der Waals surface area contributed by atoms with Gasteiger partial charge in [0.2, 0.25) is 0 Å². The van der Waals surface area contributed by atoms with E-state index >= 15 is 0 Å². The highest BCUT2D eigenvalue weighted by Gasteiger charge is 1.93. The molecule has 0 aliphatic rings. The lowest BCUT2D eigenvalue weighted by Gasteiger charge is -1.92. The monoisotopic (exact) mass is 152 g/mol. The summed E-state index contributed by atoms with van der Waals surface area (Å²) in [5.74, 6) is 0. The molecule has 0 fully saturated rings. The first kappa shape index (κ1) is 7.28. The Balaban J connectivity index is 2.98. The Bertz CT molecular complexity index is 237. The Morgan fingerprint density at radius 2 is 2.40 bits per heavy atom. The van der Waals surface area contributed by atoms with Crippen molar-refractivity contribution >= 4 is 18.0 Å². The van der Waals surface area contributed by atoms with Crippen LogP contribution in [0.3, 0.4) is 0 Å². The van der Waals surface area contributed by atoms with E-state index in [0.29, 0.717) is 5.69 Å². The van der Waals surface area contributed by atoms with Gasteiger partial charge in [-0.3, -0.25) is 4.79 Å². The minimum atomic E-state index is 0.367. The Morgan fingerprint density at radius 1 is 1.60 bits per heavy atom. The van der Waals surface area contributed by atoms with Gasteiger partial charge in [0.1, 0.15) is 5.69 Å². The van der Waals surface area contributed by atoms with Crippen molar-refractivity contribution < 1.29 is 4.79 Å². The molecule has 10 heavy (non-hydrogen) atoms. The van der Waals surface area contributed by atoms with E-state index in [1.165, 1.54) is 11.8 Å². The van der Waals surface area contributed by atoms with Gasteiger partial charge in [0.25, 0.3) is 6.29 Å². The zero-order chi connectivity index (χ0) is 7.40. The summed E-state index contributed by atoms with van der Waals surface area (Å²) in [7, 11) is 0. The Labute approximate surface area is 63.7 Å². The molecular formula is C7H6NOS. The van der Waals surface area contributed by atoms with E-state index in [4.69, 9.17) is 0 Å². The molecule has 0 atom stereocenters. The third-order valence-electron chi connectivity index (χ3n) is 1.04. The van der Waals surface area contributed by atoms with Crippen LogP contribution in [0.15, 0.2) is 23.2 Å². The van der Waals surface area contributed by atoms with Gasteiger partial charge in [-0.2, -0.15) is 0 Å². The first-order valence-electron chi connectivity index (χ1n) is 2.76. The molecule has 0 bridgehead atoms. The first-order valence-corrected chi connectivity index (χ1v) is 3.98. The van der Waals surface area contributed by atoms with Gasteiger partial charge in [-0.25, -0.2) is 4.98 Å². The van der Waals surface area contributed by atoms with Crippen LogP contribution in [-0.4, -0.2) is 17.5 Å². The minimum absolute atomic E-state index is 0.367. The number of carbonyl (C=O) groups excluding carboxylic acids is 1. The fourth-order valence-electron chi connectivity index (χ4n) is 0.585. The van der Waals surface area contributed by atoms with Crippen LogP contribution in [0.2, 0.25) is 0 Å². The summed E-state index contributed by atoms with van der Waals surface area (Å²) in [4.78, 5) is 14.0. The van der Waals surface area contributed by atoms with Gasteiger partial charge in [0, 0.05) is 0 Å². The predicted octanol–water partition coefficient (Wildman–Crippen LogP) is 1.26. The van der Waals surface area contributed by atoms with E-state index < -0.39 is 0 Å².